The molecule has 0 N–H and O–H groups in total. The highest BCUT2D eigenvalue weighted by atomic mass is 32.2. The van der Waals surface area contributed by atoms with Crippen molar-refractivity contribution in [2.24, 2.45) is 16.5 Å². The molecule has 4 rings (SSSR count). The molecule has 5 nitrogen and oxygen atoms in total. The Morgan fingerprint density at radius 3 is 2.11 bits per heavy atom. The van der Waals surface area contributed by atoms with Crippen LogP contribution in [0.5, 0.6) is 0 Å². The number of para-hydroxylation sites is 1. The molecule has 0 aliphatic heterocycles. The Labute approximate surface area is 228 Å². The highest BCUT2D eigenvalue weighted by Crippen LogP contribution is 2.31. The Kier molecular flexibility index (Phi) is 8.52. The van der Waals surface area contributed by atoms with E-state index in [4.69, 9.17) is 9.25 Å². The van der Waals surface area contributed by atoms with Crippen LogP contribution in [-0.4, -0.2) is 17.5 Å². The van der Waals surface area contributed by atoms with Gasteiger partial charge in [-0.25, -0.2) is 4.79 Å². The molecule has 0 saturated heterocycles. The van der Waals surface area contributed by atoms with Crippen molar-refractivity contribution in [1.82, 2.24) is 0 Å². The van der Waals surface area contributed by atoms with Crippen LogP contribution in [-0.2, 0) is 9.63 Å². The lowest BCUT2D eigenvalue weighted by molar-refractivity contribution is -0.140. The van der Waals surface area contributed by atoms with Crippen LogP contribution in [0.25, 0.3) is 11.0 Å². The van der Waals surface area contributed by atoms with Crippen LogP contribution in [0.4, 0.5) is 0 Å². The summed E-state index contributed by atoms with van der Waals surface area (Å²) < 4.78 is 5.73. The molecule has 0 saturated carbocycles. The van der Waals surface area contributed by atoms with Gasteiger partial charge in [-0.15, -0.1) is 0 Å². The number of carbonyl (C=O) groups excluding carboxylic acids is 2. The van der Waals surface area contributed by atoms with E-state index in [1.807, 2.05) is 72.8 Å². The Morgan fingerprint density at radius 1 is 0.921 bits per heavy atom. The van der Waals surface area contributed by atoms with Crippen molar-refractivity contribution in [2.45, 2.75) is 57.3 Å². The van der Waals surface area contributed by atoms with E-state index < -0.39 is 5.97 Å². The average Bonchev–Trinajstić information content (AvgIpc) is 3.30. The Morgan fingerprint density at radius 2 is 1.53 bits per heavy atom. The molecule has 0 spiro atoms. The lowest BCUT2D eigenvalue weighted by Crippen LogP contribution is -2.15. The molecule has 0 aliphatic rings. The molecule has 0 aliphatic carbocycles. The zero-order valence-corrected chi connectivity index (χ0v) is 23.3. The quantitative estimate of drug-likeness (QED) is 0.0944. The van der Waals surface area contributed by atoms with Crippen LogP contribution >= 0.6 is 11.8 Å². The lowest BCUT2D eigenvalue weighted by atomic mass is 9.83. The Bertz CT molecular complexity index is 1410. The van der Waals surface area contributed by atoms with Gasteiger partial charge in [0.2, 0.25) is 5.78 Å². The minimum absolute atomic E-state index is 0.137. The number of benzene rings is 3. The summed E-state index contributed by atoms with van der Waals surface area (Å²) in [6.07, 6.45) is 1.76. The van der Waals surface area contributed by atoms with Gasteiger partial charge in [0.15, 0.2) is 5.76 Å². The first kappa shape index (κ1) is 27.4. The second-order valence-corrected chi connectivity index (χ2v) is 12.0. The first-order chi connectivity index (χ1) is 18.1. The van der Waals surface area contributed by atoms with Crippen LogP contribution in [0, 0.1) is 11.3 Å². The fourth-order valence-corrected chi connectivity index (χ4v) is 5.35. The largest absolute Gasteiger partial charge is 0.453 e. The van der Waals surface area contributed by atoms with Crippen molar-refractivity contribution in [3.8, 4) is 0 Å². The van der Waals surface area contributed by atoms with Crippen LogP contribution in [0.15, 0.2) is 98.2 Å². The summed E-state index contributed by atoms with van der Waals surface area (Å²) in [5.41, 5.74) is 3.19. The van der Waals surface area contributed by atoms with Gasteiger partial charge in [-0.3, -0.25) is 4.79 Å². The van der Waals surface area contributed by atoms with E-state index >= 15 is 0 Å². The second kappa shape index (κ2) is 11.8. The van der Waals surface area contributed by atoms with Gasteiger partial charge >= 0.3 is 5.97 Å². The first-order valence-electron chi connectivity index (χ1n) is 12.7. The molecule has 3 aromatic carbocycles. The van der Waals surface area contributed by atoms with E-state index in [2.05, 4.69) is 32.9 Å². The van der Waals surface area contributed by atoms with Gasteiger partial charge < -0.3 is 9.25 Å². The van der Waals surface area contributed by atoms with E-state index in [9.17, 15) is 9.59 Å². The van der Waals surface area contributed by atoms with Crippen molar-refractivity contribution in [1.29, 1.82) is 0 Å². The monoisotopic (exact) mass is 527 g/mol. The van der Waals surface area contributed by atoms with E-state index in [0.717, 1.165) is 39.3 Å². The average molecular weight is 528 g/mol. The molecule has 38 heavy (non-hydrogen) atoms. The van der Waals surface area contributed by atoms with Gasteiger partial charge in [0.1, 0.15) is 5.58 Å². The molecule has 1 unspecified atom stereocenters. The third kappa shape index (κ3) is 7.45. The minimum Gasteiger partial charge on any atom is -0.453 e. The summed E-state index contributed by atoms with van der Waals surface area (Å²) in [4.78, 5) is 31.4. The number of nitrogens with zero attached hydrogens (tertiary/aromatic N) is 1. The summed E-state index contributed by atoms with van der Waals surface area (Å²) in [6, 6.07) is 25.0. The van der Waals surface area contributed by atoms with Gasteiger partial charge in [-0.05, 0) is 78.3 Å². The maximum Gasteiger partial charge on any atom is 0.331 e. The molecule has 0 amide bonds. The van der Waals surface area contributed by atoms with E-state index in [1.54, 1.807) is 17.8 Å². The van der Waals surface area contributed by atoms with Gasteiger partial charge in [0.05, 0.1) is 5.71 Å². The predicted molar refractivity (Wildman–Crippen MR) is 153 cm³/mol. The zero-order chi connectivity index (χ0) is 27.3. The van der Waals surface area contributed by atoms with Crippen molar-refractivity contribution < 1.29 is 18.8 Å². The summed E-state index contributed by atoms with van der Waals surface area (Å²) in [5.74, 6) is 0.159. The van der Waals surface area contributed by atoms with Gasteiger partial charge in [0.25, 0.3) is 0 Å². The molecular formula is C32H33NO4S. The summed E-state index contributed by atoms with van der Waals surface area (Å²) in [6.45, 7) is 10.2. The number of oxime groups is 1. The lowest BCUT2D eigenvalue weighted by Gasteiger charge is -2.23. The van der Waals surface area contributed by atoms with Crippen LogP contribution in [0.1, 0.15) is 69.1 Å². The predicted octanol–water partition coefficient (Wildman–Crippen LogP) is 8.54. The summed E-state index contributed by atoms with van der Waals surface area (Å²) in [5, 5.41) is 5.08. The molecule has 0 radical (unpaired) electrons. The number of rotatable bonds is 9. The number of ketones is 1. The molecule has 6 heteroatoms. The Balaban J connectivity index is 1.44. The van der Waals surface area contributed by atoms with E-state index in [0.29, 0.717) is 22.8 Å². The second-order valence-electron chi connectivity index (χ2n) is 10.8. The third-order valence-electron chi connectivity index (χ3n) is 5.98. The molecule has 196 valence electrons. The molecular weight excluding hydrogens is 494 g/mol. The van der Waals surface area contributed by atoms with Crippen molar-refractivity contribution >= 4 is 40.2 Å². The molecule has 1 aromatic heterocycles. The molecule has 0 bridgehead atoms. The molecule has 4 aromatic rings. The number of fused-ring (bicyclic) bond motifs is 1. The maximum atomic E-state index is 12.9. The minimum atomic E-state index is -0.430. The summed E-state index contributed by atoms with van der Waals surface area (Å²) >= 11 is 1.61. The fraction of sp³-hybridized carbons (Fsp3) is 0.281. The molecule has 1 heterocycles. The number of hydrogen-bond acceptors (Lipinski definition) is 6. The topological polar surface area (TPSA) is 68.9 Å². The van der Waals surface area contributed by atoms with Crippen LogP contribution in [0.2, 0.25) is 0 Å². The van der Waals surface area contributed by atoms with E-state index in [-0.39, 0.29) is 11.2 Å². The first-order valence-corrected chi connectivity index (χ1v) is 13.5. The highest BCUT2D eigenvalue weighted by Gasteiger charge is 2.19. The van der Waals surface area contributed by atoms with Crippen molar-refractivity contribution in [2.75, 3.05) is 0 Å². The van der Waals surface area contributed by atoms with Gasteiger partial charge in [-0.1, -0.05) is 74.9 Å². The SMILES string of the molecule is CC(=O)O/N=C(/CC(C)CC(C)(C)C)c1ccc(Sc2ccc(C(=O)c3cc4ccccc4o3)cc2)cc1. The smallest absolute Gasteiger partial charge is 0.331 e. The standard InChI is InChI=1S/C32H33NO4S/c1-21(20-32(3,4)5)18-28(33-37-22(2)34)23-10-14-26(15-11-23)38-27-16-12-24(13-17-27)31(35)30-19-25-8-6-7-9-29(25)36-30/h6-17,19,21H,18,20H2,1-5H3/b33-28-. The van der Waals surface area contributed by atoms with E-state index in [1.165, 1.54) is 6.92 Å². The number of hydrogen-bond donors (Lipinski definition) is 0. The van der Waals surface area contributed by atoms with Crippen molar-refractivity contribution in [3.63, 3.8) is 0 Å². The van der Waals surface area contributed by atoms with Crippen LogP contribution < -0.4 is 0 Å². The molecule has 1 atom stereocenters. The summed E-state index contributed by atoms with van der Waals surface area (Å²) in [7, 11) is 0. The van der Waals surface area contributed by atoms with Crippen LogP contribution in [0.3, 0.4) is 0 Å². The normalized spacial score (nSPS) is 12.9. The molecule has 0 fully saturated rings. The zero-order valence-electron chi connectivity index (χ0n) is 22.5. The third-order valence-corrected chi connectivity index (χ3v) is 6.99. The number of furan rings is 1. The Hall–Kier alpha value is -3.64. The fourth-order valence-electron chi connectivity index (χ4n) is 4.54. The maximum absolute atomic E-state index is 12.9. The highest BCUT2D eigenvalue weighted by molar-refractivity contribution is 7.99. The van der Waals surface area contributed by atoms with Gasteiger partial charge in [0, 0.05) is 27.7 Å². The number of carbonyl (C=O) groups is 2. The van der Waals surface area contributed by atoms with Crippen molar-refractivity contribution in [3.05, 3.63) is 95.7 Å². The van der Waals surface area contributed by atoms with Gasteiger partial charge in [-0.2, -0.15) is 0 Å².